The lowest BCUT2D eigenvalue weighted by atomic mass is 10.1. The van der Waals surface area contributed by atoms with Gasteiger partial charge in [-0.25, -0.2) is 9.97 Å². The summed E-state index contributed by atoms with van der Waals surface area (Å²) in [6, 6.07) is 12.7. The minimum Gasteiger partial charge on any atom is -0.463 e. The first kappa shape index (κ1) is 15.3. The molecule has 0 saturated carbocycles. The monoisotopic (exact) mass is 359 g/mol. The molecule has 8 heteroatoms. The third kappa shape index (κ3) is 2.54. The van der Waals surface area contributed by atoms with Crippen LogP contribution in [0.2, 0.25) is 0 Å². The zero-order valence-corrected chi connectivity index (χ0v) is 14.2. The van der Waals surface area contributed by atoms with Crippen LogP contribution in [-0.2, 0) is 0 Å². The number of anilines is 1. The number of pyridine rings is 1. The molecule has 4 heterocycles. The first-order valence-electron chi connectivity index (χ1n) is 8.26. The predicted octanol–water partition coefficient (Wildman–Crippen LogP) is 3.92. The molecule has 27 heavy (non-hydrogen) atoms. The van der Waals surface area contributed by atoms with Crippen molar-refractivity contribution in [3.05, 3.63) is 60.0 Å². The quantitative estimate of drug-likeness (QED) is 0.505. The summed E-state index contributed by atoms with van der Waals surface area (Å²) >= 11 is 0. The van der Waals surface area contributed by atoms with Gasteiger partial charge in [0.15, 0.2) is 5.76 Å². The number of para-hydroxylation sites is 2. The summed E-state index contributed by atoms with van der Waals surface area (Å²) in [5, 5.41) is 7.28. The molecular weight excluding hydrogens is 346 g/mol. The summed E-state index contributed by atoms with van der Waals surface area (Å²) in [7, 11) is 0. The van der Waals surface area contributed by atoms with Crippen LogP contribution < -0.4 is 5.32 Å². The molecule has 0 aliphatic heterocycles. The third-order valence-electron chi connectivity index (χ3n) is 4.26. The van der Waals surface area contributed by atoms with Gasteiger partial charge in [0, 0.05) is 0 Å². The first-order valence-corrected chi connectivity index (χ1v) is 8.26. The van der Waals surface area contributed by atoms with E-state index < -0.39 is 0 Å². The van der Waals surface area contributed by atoms with Crippen LogP contribution >= 0.6 is 0 Å². The van der Waals surface area contributed by atoms with E-state index in [0.29, 0.717) is 34.0 Å². The Balaban J connectivity index is 1.60. The van der Waals surface area contributed by atoms with E-state index in [1.54, 1.807) is 31.4 Å². The van der Waals surface area contributed by atoms with E-state index >= 15 is 0 Å². The van der Waals surface area contributed by atoms with Crippen LogP contribution in [0.25, 0.3) is 33.6 Å². The highest BCUT2D eigenvalue weighted by Gasteiger charge is 2.21. The molecule has 2 N–H and O–H groups in total. The summed E-state index contributed by atoms with van der Waals surface area (Å²) in [5.74, 6) is 0.545. The summed E-state index contributed by atoms with van der Waals surface area (Å²) in [4.78, 5) is 24.8. The Kier molecular flexibility index (Phi) is 3.29. The van der Waals surface area contributed by atoms with Gasteiger partial charge in [0.2, 0.25) is 5.95 Å². The van der Waals surface area contributed by atoms with Gasteiger partial charge in [0.25, 0.3) is 11.6 Å². The average Bonchev–Trinajstić information content (AvgIpc) is 3.40. The number of carbonyl (C=O) groups excluding carboxylic acids is 1. The number of amides is 1. The fourth-order valence-electron chi connectivity index (χ4n) is 3.01. The number of aryl methyl sites for hydroxylation is 1. The summed E-state index contributed by atoms with van der Waals surface area (Å²) in [5.41, 5.74) is 3.33. The Labute approximate surface area is 152 Å². The second-order valence-electron chi connectivity index (χ2n) is 6.04. The first-order chi connectivity index (χ1) is 13.2. The van der Waals surface area contributed by atoms with Gasteiger partial charge in [0.1, 0.15) is 5.69 Å². The van der Waals surface area contributed by atoms with Gasteiger partial charge in [0.05, 0.1) is 33.9 Å². The lowest BCUT2D eigenvalue weighted by Crippen LogP contribution is -2.14. The molecule has 0 aliphatic rings. The largest absolute Gasteiger partial charge is 0.463 e. The Morgan fingerprint density at radius 3 is 2.85 bits per heavy atom. The third-order valence-corrected chi connectivity index (χ3v) is 4.26. The molecule has 0 unspecified atom stereocenters. The van der Waals surface area contributed by atoms with Crippen LogP contribution in [0, 0.1) is 6.92 Å². The fraction of sp³-hybridized carbons (Fsp3) is 0.0526. The maximum absolute atomic E-state index is 13.0. The van der Waals surface area contributed by atoms with E-state index in [4.69, 9.17) is 8.94 Å². The number of benzene rings is 1. The molecule has 0 fully saturated rings. The van der Waals surface area contributed by atoms with Gasteiger partial charge in [-0.3, -0.25) is 10.1 Å². The van der Waals surface area contributed by atoms with Crippen LogP contribution in [0.1, 0.15) is 16.1 Å². The van der Waals surface area contributed by atoms with Crippen molar-refractivity contribution in [2.24, 2.45) is 0 Å². The van der Waals surface area contributed by atoms with Gasteiger partial charge in [-0.2, -0.15) is 0 Å². The molecule has 0 spiro atoms. The van der Waals surface area contributed by atoms with E-state index in [-0.39, 0.29) is 11.6 Å². The van der Waals surface area contributed by atoms with E-state index in [9.17, 15) is 4.79 Å². The number of nitrogens with zero attached hydrogens (tertiary/aromatic N) is 3. The Morgan fingerprint density at radius 1 is 1.15 bits per heavy atom. The molecular formula is C19H13N5O3. The number of furan rings is 1. The summed E-state index contributed by atoms with van der Waals surface area (Å²) in [6.07, 6.45) is 1.54. The molecule has 0 radical (unpaired) electrons. The number of hydrogen-bond donors (Lipinski definition) is 2. The van der Waals surface area contributed by atoms with Gasteiger partial charge in [-0.15, -0.1) is 0 Å². The zero-order valence-electron chi connectivity index (χ0n) is 14.2. The number of carbonyl (C=O) groups is 1. The van der Waals surface area contributed by atoms with E-state index in [1.165, 1.54) is 0 Å². The second-order valence-corrected chi connectivity index (χ2v) is 6.04. The van der Waals surface area contributed by atoms with Crippen LogP contribution in [0.3, 0.4) is 0 Å². The lowest BCUT2D eigenvalue weighted by molar-refractivity contribution is 0.102. The van der Waals surface area contributed by atoms with Gasteiger partial charge in [-0.1, -0.05) is 17.3 Å². The molecule has 0 atom stereocenters. The lowest BCUT2D eigenvalue weighted by Gasteiger charge is -2.05. The maximum Gasteiger partial charge on any atom is 0.259 e. The SMILES string of the molecule is Cc1noc2nc(-c3ccco3)cc(C(=O)Nc3nc4ccccc4[nH]3)c12. The highest BCUT2D eigenvalue weighted by atomic mass is 16.5. The van der Waals surface area contributed by atoms with E-state index in [0.717, 1.165) is 11.0 Å². The number of aromatic nitrogens is 4. The number of rotatable bonds is 3. The molecule has 8 nitrogen and oxygen atoms in total. The molecule has 4 aromatic heterocycles. The highest BCUT2D eigenvalue weighted by molar-refractivity contribution is 6.12. The minimum absolute atomic E-state index is 0.274. The van der Waals surface area contributed by atoms with Gasteiger partial charge < -0.3 is 13.9 Å². The summed E-state index contributed by atoms with van der Waals surface area (Å²) in [6.45, 7) is 1.76. The minimum atomic E-state index is -0.347. The normalized spacial score (nSPS) is 11.3. The van der Waals surface area contributed by atoms with Crippen LogP contribution in [0.5, 0.6) is 0 Å². The second kappa shape index (κ2) is 5.80. The molecule has 1 amide bonds. The van der Waals surface area contributed by atoms with E-state index in [1.807, 2.05) is 24.3 Å². The number of fused-ring (bicyclic) bond motifs is 2. The smallest absolute Gasteiger partial charge is 0.259 e. The zero-order chi connectivity index (χ0) is 18.4. The van der Waals surface area contributed by atoms with Crippen molar-refractivity contribution in [1.82, 2.24) is 20.1 Å². The average molecular weight is 359 g/mol. The van der Waals surface area contributed by atoms with Crippen molar-refractivity contribution in [2.45, 2.75) is 6.92 Å². The molecule has 132 valence electrons. The molecule has 0 saturated heterocycles. The highest BCUT2D eigenvalue weighted by Crippen LogP contribution is 2.28. The molecule has 0 aliphatic carbocycles. The fourth-order valence-corrected chi connectivity index (χ4v) is 3.01. The summed E-state index contributed by atoms with van der Waals surface area (Å²) < 4.78 is 10.7. The van der Waals surface area contributed by atoms with Crippen molar-refractivity contribution < 1.29 is 13.7 Å². The number of nitrogens with one attached hydrogen (secondary N) is 2. The maximum atomic E-state index is 13.0. The van der Waals surface area contributed by atoms with Crippen molar-refractivity contribution in [1.29, 1.82) is 0 Å². The van der Waals surface area contributed by atoms with Gasteiger partial charge >= 0.3 is 0 Å². The molecule has 5 rings (SSSR count). The van der Waals surface area contributed by atoms with Crippen molar-refractivity contribution in [3.8, 4) is 11.5 Å². The Bertz CT molecular complexity index is 1250. The number of aromatic amines is 1. The Morgan fingerprint density at radius 2 is 2.04 bits per heavy atom. The number of imidazole rings is 1. The molecule has 0 bridgehead atoms. The standard InChI is InChI=1S/C19H13N5O3/c1-10-16-11(9-14(15-7-4-8-26-15)20-18(16)27-24-10)17(25)23-19-21-12-5-2-3-6-13(12)22-19/h2-9H,1H3,(H2,21,22,23,25). The molecule has 1 aromatic carbocycles. The van der Waals surface area contributed by atoms with Crippen LogP contribution in [0.15, 0.2) is 57.7 Å². The topological polar surface area (TPSA) is 110 Å². The van der Waals surface area contributed by atoms with Crippen molar-refractivity contribution in [2.75, 3.05) is 5.32 Å². The van der Waals surface area contributed by atoms with Gasteiger partial charge in [-0.05, 0) is 37.3 Å². The van der Waals surface area contributed by atoms with Crippen molar-refractivity contribution >= 4 is 34.0 Å². The Hall–Kier alpha value is -3.94. The number of hydrogen-bond acceptors (Lipinski definition) is 6. The van der Waals surface area contributed by atoms with Crippen LogP contribution in [-0.4, -0.2) is 26.0 Å². The van der Waals surface area contributed by atoms with Crippen molar-refractivity contribution in [3.63, 3.8) is 0 Å². The van der Waals surface area contributed by atoms with Crippen LogP contribution in [0.4, 0.5) is 5.95 Å². The molecule has 5 aromatic rings. The predicted molar refractivity (Wildman–Crippen MR) is 98.3 cm³/mol. The van der Waals surface area contributed by atoms with E-state index in [2.05, 4.69) is 25.4 Å². The number of H-pyrrole nitrogens is 1.